The first-order chi connectivity index (χ1) is 8.18. The predicted octanol–water partition coefficient (Wildman–Crippen LogP) is 2.41. The van der Waals surface area contributed by atoms with Gasteiger partial charge in [0.25, 0.3) is 0 Å². The molecule has 0 aromatic carbocycles. The van der Waals surface area contributed by atoms with Gasteiger partial charge in [0.05, 0.1) is 6.10 Å². The van der Waals surface area contributed by atoms with E-state index in [0.29, 0.717) is 12.0 Å². The van der Waals surface area contributed by atoms with E-state index in [9.17, 15) is 5.11 Å². The molecule has 0 aromatic heterocycles. The topological polar surface area (TPSA) is 26.7 Å². The summed E-state index contributed by atoms with van der Waals surface area (Å²) in [5, 5.41) is 10.1. The Morgan fingerprint density at radius 2 is 1.79 bits per heavy atom. The summed E-state index contributed by atoms with van der Waals surface area (Å²) in [7, 11) is 4.28. The first kappa shape index (κ1) is 19.5. The van der Waals surface area contributed by atoms with Gasteiger partial charge in [-0.2, -0.15) is 0 Å². The fraction of sp³-hybridized carbons (Fsp3) is 1.00. The highest BCUT2D eigenvalue weighted by Crippen LogP contribution is 2.35. The molecule has 1 saturated carbocycles. The lowest BCUT2D eigenvalue weighted by Gasteiger charge is -2.46. The SMILES string of the molecule is CN(C)CCCN1CCC(O)C2CCCCC21.Cl.Cl. The van der Waals surface area contributed by atoms with E-state index in [0.717, 1.165) is 13.0 Å². The highest BCUT2D eigenvalue weighted by atomic mass is 35.5. The zero-order valence-corrected chi connectivity index (χ0v) is 13.9. The van der Waals surface area contributed by atoms with Gasteiger partial charge in [-0.15, -0.1) is 24.8 Å². The summed E-state index contributed by atoms with van der Waals surface area (Å²) < 4.78 is 0. The number of fused-ring (bicyclic) bond motifs is 1. The van der Waals surface area contributed by atoms with Gasteiger partial charge in [0.1, 0.15) is 0 Å². The first-order valence-electron chi connectivity index (χ1n) is 7.25. The van der Waals surface area contributed by atoms with Crippen LogP contribution in [-0.4, -0.2) is 60.8 Å². The molecule has 2 fully saturated rings. The van der Waals surface area contributed by atoms with Crippen molar-refractivity contribution < 1.29 is 5.11 Å². The maximum absolute atomic E-state index is 10.1. The number of halogens is 2. The Kier molecular flexibility index (Phi) is 9.63. The van der Waals surface area contributed by atoms with Gasteiger partial charge in [-0.1, -0.05) is 12.8 Å². The summed E-state index contributed by atoms with van der Waals surface area (Å²) in [5.74, 6) is 0.567. The number of nitrogens with zero attached hydrogens (tertiary/aromatic N) is 2. The van der Waals surface area contributed by atoms with Gasteiger partial charge in [-0.05, 0) is 52.9 Å². The Hall–Kier alpha value is 0.460. The Labute approximate surface area is 130 Å². The molecule has 0 radical (unpaired) electrons. The predicted molar refractivity (Wildman–Crippen MR) is 85.6 cm³/mol. The second-order valence-corrected chi connectivity index (χ2v) is 6.06. The highest BCUT2D eigenvalue weighted by Gasteiger charge is 2.37. The van der Waals surface area contributed by atoms with E-state index in [1.807, 2.05) is 0 Å². The molecule has 0 aromatic rings. The van der Waals surface area contributed by atoms with Gasteiger partial charge in [0.2, 0.25) is 0 Å². The van der Waals surface area contributed by atoms with Crippen LogP contribution < -0.4 is 0 Å². The number of likely N-dealkylation sites (tertiary alicyclic amines) is 1. The normalized spacial score (nSPS) is 31.3. The molecule has 0 amide bonds. The monoisotopic (exact) mass is 312 g/mol. The van der Waals surface area contributed by atoms with Gasteiger partial charge in [0, 0.05) is 18.5 Å². The maximum Gasteiger partial charge on any atom is 0.0595 e. The first-order valence-corrected chi connectivity index (χ1v) is 7.25. The van der Waals surface area contributed by atoms with E-state index >= 15 is 0 Å². The third-order valence-electron chi connectivity index (χ3n) is 4.51. The van der Waals surface area contributed by atoms with E-state index in [-0.39, 0.29) is 30.9 Å². The Bertz CT molecular complexity index is 241. The average Bonchev–Trinajstić information content (AvgIpc) is 2.32. The molecule has 19 heavy (non-hydrogen) atoms. The van der Waals surface area contributed by atoms with Crippen molar-refractivity contribution in [3.05, 3.63) is 0 Å². The molecule has 1 N–H and O–H groups in total. The van der Waals surface area contributed by atoms with E-state index in [4.69, 9.17) is 0 Å². The zero-order chi connectivity index (χ0) is 12.3. The minimum atomic E-state index is -0.0228. The fourth-order valence-corrected chi connectivity index (χ4v) is 3.59. The van der Waals surface area contributed by atoms with Crippen molar-refractivity contribution in [2.75, 3.05) is 33.7 Å². The third kappa shape index (κ3) is 5.39. The molecule has 3 nitrogen and oxygen atoms in total. The largest absolute Gasteiger partial charge is 0.393 e. The van der Waals surface area contributed by atoms with Gasteiger partial charge < -0.3 is 10.0 Å². The Balaban J connectivity index is 0.00000162. The Morgan fingerprint density at radius 3 is 2.47 bits per heavy atom. The van der Waals surface area contributed by atoms with Crippen molar-refractivity contribution in [3.8, 4) is 0 Å². The molecular weight excluding hydrogens is 283 g/mol. The van der Waals surface area contributed by atoms with E-state index in [1.54, 1.807) is 0 Å². The van der Waals surface area contributed by atoms with Crippen LogP contribution in [0.1, 0.15) is 38.5 Å². The molecule has 1 aliphatic heterocycles. The number of rotatable bonds is 4. The van der Waals surface area contributed by atoms with E-state index < -0.39 is 0 Å². The summed E-state index contributed by atoms with van der Waals surface area (Å²) in [5.41, 5.74) is 0. The summed E-state index contributed by atoms with van der Waals surface area (Å²) in [6, 6.07) is 0.676. The molecule has 2 rings (SSSR count). The molecule has 0 bridgehead atoms. The second kappa shape index (κ2) is 9.41. The molecule has 3 unspecified atom stereocenters. The fourth-order valence-electron chi connectivity index (χ4n) is 3.59. The van der Waals surface area contributed by atoms with Crippen LogP contribution >= 0.6 is 24.8 Å². The summed E-state index contributed by atoms with van der Waals surface area (Å²) in [6.07, 6.45) is 7.46. The molecule has 1 aliphatic carbocycles. The van der Waals surface area contributed by atoms with Crippen molar-refractivity contribution in [1.29, 1.82) is 0 Å². The molecule has 0 spiro atoms. The molecule has 5 heteroatoms. The van der Waals surface area contributed by atoms with E-state index in [1.165, 1.54) is 45.2 Å². The summed E-state index contributed by atoms with van der Waals surface area (Å²) >= 11 is 0. The summed E-state index contributed by atoms with van der Waals surface area (Å²) in [4.78, 5) is 4.91. The summed E-state index contributed by atoms with van der Waals surface area (Å²) in [6.45, 7) is 3.50. The van der Waals surface area contributed by atoms with Crippen LogP contribution in [0.4, 0.5) is 0 Å². The standard InChI is InChI=1S/C14H28N2O.2ClH/c1-15(2)9-5-10-16-11-8-14(17)12-6-3-4-7-13(12)16;;/h12-14,17H,3-11H2,1-2H3;2*1H. The molecular formula is C14H30Cl2N2O. The van der Waals surface area contributed by atoms with Crippen molar-refractivity contribution in [2.24, 2.45) is 5.92 Å². The molecule has 116 valence electrons. The number of aliphatic hydroxyl groups excluding tert-OH is 1. The van der Waals surface area contributed by atoms with Crippen LogP contribution in [0.15, 0.2) is 0 Å². The molecule has 1 saturated heterocycles. The zero-order valence-electron chi connectivity index (χ0n) is 12.3. The minimum Gasteiger partial charge on any atom is -0.393 e. The number of hydrogen-bond donors (Lipinski definition) is 1. The number of piperidine rings is 1. The quantitative estimate of drug-likeness (QED) is 0.863. The lowest BCUT2D eigenvalue weighted by atomic mass is 9.76. The second-order valence-electron chi connectivity index (χ2n) is 6.06. The van der Waals surface area contributed by atoms with E-state index in [2.05, 4.69) is 23.9 Å². The highest BCUT2D eigenvalue weighted by molar-refractivity contribution is 5.85. The molecule has 3 atom stereocenters. The van der Waals surface area contributed by atoms with Crippen LogP contribution in [0, 0.1) is 5.92 Å². The van der Waals surface area contributed by atoms with Crippen molar-refractivity contribution >= 4 is 24.8 Å². The lowest BCUT2D eigenvalue weighted by molar-refractivity contribution is -0.0364. The minimum absolute atomic E-state index is 0. The van der Waals surface area contributed by atoms with Gasteiger partial charge >= 0.3 is 0 Å². The van der Waals surface area contributed by atoms with Gasteiger partial charge in [-0.3, -0.25) is 4.90 Å². The van der Waals surface area contributed by atoms with Crippen LogP contribution in [0.3, 0.4) is 0 Å². The lowest BCUT2D eigenvalue weighted by Crippen LogP contribution is -2.52. The van der Waals surface area contributed by atoms with Crippen molar-refractivity contribution in [1.82, 2.24) is 9.80 Å². The van der Waals surface area contributed by atoms with Crippen molar-refractivity contribution in [2.45, 2.75) is 50.7 Å². The van der Waals surface area contributed by atoms with Gasteiger partial charge in [0.15, 0.2) is 0 Å². The van der Waals surface area contributed by atoms with Crippen LogP contribution in [0.25, 0.3) is 0 Å². The number of aliphatic hydroxyl groups is 1. The maximum atomic E-state index is 10.1. The molecule has 2 aliphatic rings. The van der Waals surface area contributed by atoms with Crippen LogP contribution in [0.2, 0.25) is 0 Å². The van der Waals surface area contributed by atoms with Crippen LogP contribution in [-0.2, 0) is 0 Å². The molecule has 1 heterocycles. The third-order valence-corrected chi connectivity index (χ3v) is 4.51. The van der Waals surface area contributed by atoms with Gasteiger partial charge in [-0.25, -0.2) is 0 Å². The average molecular weight is 313 g/mol. The van der Waals surface area contributed by atoms with Crippen LogP contribution in [0.5, 0.6) is 0 Å². The number of hydrogen-bond acceptors (Lipinski definition) is 3. The Morgan fingerprint density at radius 1 is 1.11 bits per heavy atom. The smallest absolute Gasteiger partial charge is 0.0595 e. The van der Waals surface area contributed by atoms with Crippen molar-refractivity contribution in [3.63, 3.8) is 0 Å².